The first-order valence-corrected chi connectivity index (χ1v) is 11.9. The third kappa shape index (κ3) is 4.88. The molecule has 1 heterocycles. The van der Waals surface area contributed by atoms with Crippen LogP contribution in [0.2, 0.25) is 0 Å². The fourth-order valence-electron chi connectivity index (χ4n) is 3.80. The van der Waals surface area contributed by atoms with Crippen LogP contribution in [0.3, 0.4) is 0 Å². The van der Waals surface area contributed by atoms with Gasteiger partial charge in [0.2, 0.25) is 10.0 Å². The van der Waals surface area contributed by atoms with Crippen LogP contribution in [0.1, 0.15) is 43.5 Å². The molecule has 1 saturated heterocycles. The molecule has 0 aliphatic carbocycles. The number of carbonyl (C=O) groups is 1. The van der Waals surface area contributed by atoms with Gasteiger partial charge in [0.15, 0.2) is 0 Å². The Morgan fingerprint density at radius 1 is 1.03 bits per heavy atom. The monoisotopic (exact) mass is 451 g/mol. The predicted molar refractivity (Wildman–Crippen MR) is 117 cm³/mol. The minimum atomic E-state index is -3.77. The number of amides is 1. The van der Waals surface area contributed by atoms with Crippen molar-refractivity contribution >= 4 is 27.3 Å². The SMILES string of the molecule is CCN(CC)S(=O)(=O)c1ccc(N2CCCCC2)c(NC(=O)c2c(F)cccc2F)c1. The van der Waals surface area contributed by atoms with Crippen molar-refractivity contribution in [1.82, 2.24) is 4.31 Å². The van der Waals surface area contributed by atoms with Gasteiger partial charge in [0.25, 0.3) is 5.91 Å². The second-order valence-corrected chi connectivity index (χ2v) is 9.30. The van der Waals surface area contributed by atoms with Crippen LogP contribution in [0.25, 0.3) is 0 Å². The molecule has 31 heavy (non-hydrogen) atoms. The van der Waals surface area contributed by atoms with Crippen molar-refractivity contribution in [1.29, 1.82) is 0 Å². The molecule has 0 radical (unpaired) electrons. The quantitative estimate of drug-likeness (QED) is 0.684. The summed E-state index contributed by atoms with van der Waals surface area (Å²) in [5.74, 6) is -2.93. The van der Waals surface area contributed by atoms with Gasteiger partial charge in [0, 0.05) is 26.2 Å². The van der Waals surface area contributed by atoms with Gasteiger partial charge in [-0.15, -0.1) is 0 Å². The average Bonchev–Trinajstić information content (AvgIpc) is 2.75. The van der Waals surface area contributed by atoms with Crippen LogP contribution >= 0.6 is 0 Å². The van der Waals surface area contributed by atoms with E-state index in [4.69, 9.17) is 0 Å². The molecule has 9 heteroatoms. The van der Waals surface area contributed by atoms with Crippen molar-refractivity contribution in [2.45, 2.75) is 38.0 Å². The zero-order valence-electron chi connectivity index (χ0n) is 17.7. The second kappa shape index (κ2) is 9.74. The van der Waals surface area contributed by atoms with Crippen LogP contribution in [0.15, 0.2) is 41.3 Å². The maximum Gasteiger partial charge on any atom is 0.261 e. The lowest BCUT2D eigenvalue weighted by atomic mass is 10.1. The van der Waals surface area contributed by atoms with Gasteiger partial charge in [-0.05, 0) is 49.6 Å². The molecule has 2 aromatic rings. The molecular formula is C22H27F2N3O3S. The largest absolute Gasteiger partial charge is 0.370 e. The predicted octanol–water partition coefficient (Wildman–Crippen LogP) is 4.24. The Kier molecular flexibility index (Phi) is 7.27. The molecule has 168 valence electrons. The summed E-state index contributed by atoms with van der Waals surface area (Å²) in [6, 6.07) is 7.72. The third-order valence-corrected chi connectivity index (χ3v) is 7.49. The van der Waals surface area contributed by atoms with Crippen molar-refractivity contribution in [3.63, 3.8) is 0 Å². The number of sulfonamides is 1. The molecule has 0 unspecified atom stereocenters. The van der Waals surface area contributed by atoms with E-state index >= 15 is 0 Å². The van der Waals surface area contributed by atoms with Crippen LogP contribution in [0.5, 0.6) is 0 Å². The van der Waals surface area contributed by atoms with E-state index in [1.165, 1.54) is 22.5 Å². The number of nitrogens with zero attached hydrogens (tertiary/aromatic N) is 2. The number of piperidine rings is 1. The van der Waals surface area contributed by atoms with Crippen molar-refractivity contribution in [2.24, 2.45) is 0 Å². The number of halogens is 2. The van der Waals surface area contributed by atoms with Gasteiger partial charge in [-0.25, -0.2) is 17.2 Å². The summed E-state index contributed by atoms with van der Waals surface area (Å²) in [6.07, 6.45) is 3.02. The minimum Gasteiger partial charge on any atom is -0.370 e. The maximum absolute atomic E-state index is 14.1. The fraction of sp³-hybridized carbons (Fsp3) is 0.409. The normalized spacial score (nSPS) is 14.7. The summed E-state index contributed by atoms with van der Waals surface area (Å²) in [5, 5.41) is 2.55. The Bertz CT molecular complexity index is 1030. The Balaban J connectivity index is 2.05. The van der Waals surface area contributed by atoms with Gasteiger partial charge in [-0.1, -0.05) is 19.9 Å². The molecule has 0 bridgehead atoms. The summed E-state index contributed by atoms with van der Waals surface area (Å²) in [7, 11) is -3.77. The number of anilines is 2. The van der Waals surface area contributed by atoms with Crippen LogP contribution < -0.4 is 10.2 Å². The number of nitrogens with one attached hydrogen (secondary N) is 1. The highest BCUT2D eigenvalue weighted by atomic mass is 32.2. The lowest BCUT2D eigenvalue weighted by Crippen LogP contribution is -2.32. The smallest absolute Gasteiger partial charge is 0.261 e. The Hall–Kier alpha value is -2.52. The first-order valence-electron chi connectivity index (χ1n) is 10.4. The van der Waals surface area contributed by atoms with Crippen LogP contribution in [-0.2, 0) is 10.0 Å². The van der Waals surface area contributed by atoms with E-state index in [0.717, 1.165) is 44.5 Å². The lowest BCUT2D eigenvalue weighted by Gasteiger charge is -2.31. The van der Waals surface area contributed by atoms with E-state index in [2.05, 4.69) is 5.32 Å². The number of carbonyl (C=O) groups excluding carboxylic acids is 1. The molecule has 1 aliphatic rings. The van der Waals surface area contributed by atoms with Crippen molar-refractivity contribution < 1.29 is 22.0 Å². The highest BCUT2D eigenvalue weighted by Gasteiger charge is 2.26. The van der Waals surface area contributed by atoms with Crippen LogP contribution in [-0.4, -0.2) is 44.8 Å². The molecule has 1 amide bonds. The van der Waals surface area contributed by atoms with E-state index < -0.39 is 33.1 Å². The van der Waals surface area contributed by atoms with Gasteiger partial charge in [-0.2, -0.15) is 4.31 Å². The molecule has 3 rings (SSSR count). The molecule has 1 N–H and O–H groups in total. The molecular weight excluding hydrogens is 424 g/mol. The van der Waals surface area contributed by atoms with E-state index in [-0.39, 0.29) is 10.6 Å². The Morgan fingerprint density at radius 2 is 1.65 bits per heavy atom. The summed E-state index contributed by atoms with van der Waals surface area (Å²) >= 11 is 0. The Labute approximate surface area is 181 Å². The average molecular weight is 452 g/mol. The highest BCUT2D eigenvalue weighted by molar-refractivity contribution is 7.89. The number of hydrogen-bond acceptors (Lipinski definition) is 4. The topological polar surface area (TPSA) is 69.7 Å². The summed E-state index contributed by atoms with van der Waals surface area (Å²) < 4.78 is 55.5. The molecule has 0 saturated carbocycles. The minimum absolute atomic E-state index is 0.0151. The van der Waals surface area contributed by atoms with E-state index in [1.54, 1.807) is 19.9 Å². The zero-order chi connectivity index (χ0) is 22.6. The van der Waals surface area contributed by atoms with Crippen LogP contribution in [0, 0.1) is 11.6 Å². The van der Waals surface area contributed by atoms with Gasteiger partial charge in [-0.3, -0.25) is 4.79 Å². The molecule has 2 aromatic carbocycles. The molecule has 0 atom stereocenters. The zero-order valence-corrected chi connectivity index (χ0v) is 18.5. The molecule has 0 aromatic heterocycles. The number of rotatable bonds is 7. The molecule has 0 spiro atoms. The Morgan fingerprint density at radius 3 is 2.23 bits per heavy atom. The fourth-order valence-corrected chi connectivity index (χ4v) is 5.28. The van der Waals surface area contributed by atoms with E-state index in [1.807, 2.05) is 4.90 Å². The van der Waals surface area contributed by atoms with Gasteiger partial charge in [0.05, 0.1) is 16.3 Å². The van der Waals surface area contributed by atoms with Crippen molar-refractivity contribution in [3.8, 4) is 0 Å². The first-order chi connectivity index (χ1) is 14.8. The number of hydrogen-bond donors (Lipinski definition) is 1. The van der Waals surface area contributed by atoms with Crippen molar-refractivity contribution in [3.05, 3.63) is 53.6 Å². The van der Waals surface area contributed by atoms with Gasteiger partial charge >= 0.3 is 0 Å². The standard InChI is InChI=1S/C22H27F2N3O3S/c1-3-27(4-2)31(29,30)16-11-12-20(26-13-6-5-7-14-26)19(15-16)25-22(28)21-17(23)9-8-10-18(21)24/h8-12,15H,3-7,13-14H2,1-2H3,(H,25,28). The molecule has 1 fully saturated rings. The highest BCUT2D eigenvalue weighted by Crippen LogP contribution is 2.32. The lowest BCUT2D eigenvalue weighted by molar-refractivity contribution is 0.101. The van der Waals surface area contributed by atoms with Crippen LogP contribution in [0.4, 0.5) is 20.2 Å². The summed E-state index contributed by atoms with van der Waals surface area (Å²) in [6.45, 7) is 5.58. The third-order valence-electron chi connectivity index (χ3n) is 5.45. The summed E-state index contributed by atoms with van der Waals surface area (Å²) in [4.78, 5) is 14.8. The first kappa shape index (κ1) is 23.1. The summed E-state index contributed by atoms with van der Waals surface area (Å²) in [5.41, 5.74) is 0.134. The van der Waals surface area contributed by atoms with Gasteiger partial charge in [0.1, 0.15) is 17.2 Å². The number of benzene rings is 2. The molecule has 1 aliphatic heterocycles. The second-order valence-electron chi connectivity index (χ2n) is 7.37. The van der Waals surface area contributed by atoms with E-state index in [9.17, 15) is 22.0 Å². The molecule has 6 nitrogen and oxygen atoms in total. The maximum atomic E-state index is 14.1. The van der Waals surface area contributed by atoms with Crippen molar-refractivity contribution in [2.75, 3.05) is 36.4 Å². The van der Waals surface area contributed by atoms with Gasteiger partial charge < -0.3 is 10.2 Å². The van der Waals surface area contributed by atoms with E-state index in [0.29, 0.717) is 18.8 Å².